The van der Waals surface area contributed by atoms with Gasteiger partial charge in [-0.05, 0) is 58.8 Å². The topological polar surface area (TPSA) is 12.0 Å². The molecule has 5 heteroatoms. The second-order valence-corrected chi connectivity index (χ2v) is 8.04. The first kappa shape index (κ1) is 12.8. The molecule has 2 aromatic heterocycles. The van der Waals surface area contributed by atoms with Gasteiger partial charge in [0.1, 0.15) is 0 Å². The Kier molecular flexibility index (Phi) is 4.66. The normalized spacial score (nSPS) is 12.9. The number of nitrogens with one attached hydrogen (secondary N) is 1. The van der Waals surface area contributed by atoms with Gasteiger partial charge in [-0.1, -0.05) is 11.6 Å². The minimum atomic E-state index is 0.384. The first-order chi connectivity index (χ1) is 7.69. The summed E-state index contributed by atoms with van der Waals surface area (Å²) in [5.41, 5.74) is 1.36. The van der Waals surface area contributed by atoms with Crippen molar-refractivity contribution in [2.75, 3.05) is 7.05 Å². The average Bonchev–Trinajstić information content (AvgIpc) is 2.84. The lowest BCUT2D eigenvalue weighted by Gasteiger charge is -2.13. The molecule has 86 valence electrons. The Bertz CT molecular complexity index is 466. The van der Waals surface area contributed by atoms with Crippen molar-refractivity contribution in [1.82, 2.24) is 5.32 Å². The zero-order valence-electron chi connectivity index (χ0n) is 8.67. The molecule has 0 aliphatic heterocycles. The molecule has 1 unspecified atom stereocenters. The molecule has 2 rings (SSSR count). The zero-order chi connectivity index (χ0) is 11.5. The minimum absolute atomic E-state index is 0.384. The van der Waals surface area contributed by atoms with Crippen LogP contribution in [0.15, 0.2) is 23.6 Å². The van der Waals surface area contributed by atoms with E-state index in [1.54, 1.807) is 22.7 Å². The fraction of sp³-hybridized carbons (Fsp3) is 0.273. The van der Waals surface area contributed by atoms with Gasteiger partial charge >= 0.3 is 0 Å². The average molecular weight is 384 g/mol. The van der Waals surface area contributed by atoms with Gasteiger partial charge in [-0.15, -0.1) is 22.7 Å². The Hall–Kier alpha value is 0.380. The molecule has 0 radical (unpaired) electrons. The van der Waals surface area contributed by atoms with Crippen molar-refractivity contribution >= 4 is 56.9 Å². The monoisotopic (exact) mass is 383 g/mol. The second-order valence-electron chi connectivity index (χ2n) is 3.44. The quantitative estimate of drug-likeness (QED) is 0.763. The summed E-state index contributed by atoms with van der Waals surface area (Å²) in [6, 6.07) is 6.69. The lowest BCUT2D eigenvalue weighted by Crippen LogP contribution is -2.17. The molecule has 16 heavy (non-hydrogen) atoms. The molecule has 1 N–H and O–H groups in total. The summed E-state index contributed by atoms with van der Waals surface area (Å²) in [6.07, 6.45) is 1.00. The van der Waals surface area contributed by atoms with E-state index in [-0.39, 0.29) is 0 Å². The number of halogens is 2. The third kappa shape index (κ3) is 3.20. The highest BCUT2D eigenvalue weighted by molar-refractivity contribution is 14.1. The van der Waals surface area contributed by atoms with Gasteiger partial charge < -0.3 is 5.32 Å². The van der Waals surface area contributed by atoms with Gasteiger partial charge in [-0.25, -0.2) is 0 Å². The Balaban J connectivity index is 2.12. The van der Waals surface area contributed by atoms with E-state index in [9.17, 15) is 0 Å². The van der Waals surface area contributed by atoms with E-state index in [1.807, 2.05) is 13.1 Å². The standard InChI is InChI=1S/C11H11ClINS2/c1-14-9(7-4-11(13)15-6-7)5-8-2-3-10(12)16-8/h2-4,6,9,14H,5H2,1H3. The molecule has 0 spiro atoms. The SMILES string of the molecule is CNC(Cc1ccc(Cl)s1)c1csc(I)c1. The molecule has 2 heterocycles. The van der Waals surface area contributed by atoms with Gasteiger partial charge in [0, 0.05) is 17.3 Å². The van der Waals surface area contributed by atoms with Crippen molar-refractivity contribution in [2.45, 2.75) is 12.5 Å². The fourth-order valence-corrected chi connectivity index (χ4v) is 4.11. The molecule has 1 atom stereocenters. The zero-order valence-corrected chi connectivity index (χ0v) is 13.2. The highest BCUT2D eigenvalue weighted by atomic mass is 127. The van der Waals surface area contributed by atoms with Crippen molar-refractivity contribution in [3.8, 4) is 0 Å². The molecule has 0 bridgehead atoms. The molecule has 2 aromatic rings. The van der Waals surface area contributed by atoms with Crippen LogP contribution in [0.3, 0.4) is 0 Å². The summed E-state index contributed by atoms with van der Waals surface area (Å²) in [4.78, 5) is 1.32. The van der Waals surface area contributed by atoms with Crippen LogP contribution in [0.2, 0.25) is 4.34 Å². The summed E-state index contributed by atoms with van der Waals surface area (Å²) >= 11 is 11.7. The van der Waals surface area contributed by atoms with Crippen LogP contribution >= 0.6 is 56.9 Å². The fourth-order valence-electron chi connectivity index (χ4n) is 1.56. The van der Waals surface area contributed by atoms with Crippen molar-refractivity contribution in [3.63, 3.8) is 0 Å². The van der Waals surface area contributed by atoms with Gasteiger partial charge in [0.25, 0.3) is 0 Å². The maximum Gasteiger partial charge on any atom is 0.0931 e. The van der Waals surface area contributed by atoms with Crippen LogP contribution in [0.1, 0.15) is 16.5 Å². The Morgan fingerprint density at radius 2 is 2.31 bits per heavy atom. The molecule has 0 aliphatic rings. The molecule has 0 aromatic carbocycles. The summed E-state index contributed by atoms with van der Waals surface area (Å²) in [5, 5.41) is 5.58. The van der Waals surface area contributed by atoms with E-state index in [0.717, 1.165) is 10.8 Å². The predicted molar refractivity (Wildman–Crippen MR) is 81.9 cm³/mol. The van der Waals surface area contributed by atoms with Crippen molar-refractivity contribution in [1.29, 1.82) is 0 Å². The highest BCUT2D eigenvalue weighted by Gasteiger charge is 2.12. The van der Waals surface area contributed by atoms with Crippen molar-refractivity contribution in [2.24, 2.45) is 0 Å². The summed E-state index contributed by atoms with van der Waals surface area (Å²) in [6.45, 7) is 0. The van der Waals surface area contributed by atoms with Gasteiger partial charge in [-0.2, -0.15) is 0 Å². The number of likely N-dealkylation sites (N-methyl/N-ethyl adjacent to an activating group) is 1. The lowest BCUT2D eigenvalue weighted by molar-refractivity contribution is 0.598. The Labute approximate surface area is 122 Å². The largest absolute Gasteiger partial charge is 0.313 e. The second kappa shape index (κ2) is 5.82. The Morgan fingerprint density at radius 1 is 1.50 bits per heavy atom. The maximum absolute atomic E-state index is 5.94. The van der Waals surface area contributed by atoms with Crippen LogP contribution in [0.4, 0.5) is 0 Å². The molecule has 1 nitrogen and oxygen atoms in total. The molecule has 0 amide bonds. The van der Waals surface area contributed by atoms with Gasteiger partial charge in [0.15, 0.2) is 0 Å². The van der Waals surface area contributed by atoms with Crippen molar-refractivity contribution in [3.05, 3.63) is 41.2 Å². The van der Waals surface area contributed by atoms with Crippen LogP contribution < -0.4 is 5.32 Å². The first-order valence-electron chi connectivity index (χ1n) is 4.84. The van der Waals surface area contributed by atoms with Crippen LogP contribution in [0, 0.1) is 2.88 Å². The van der Waals surface area contributed by atoms with Gasteiger partial charge in [0.05, 0.1) is 7.22 Å². The smallest absolute Gasteiger partial charge is 0.0931 e. The van der Waals surface area contributed by atoms with Crippen LogP contribution in [0.25, 0.3) is 0 Å². The van der Waals surface area contributed by atoms with Crippen LogP contribution in [-0.2, 0) is 6.42 Å². The van der Waals surface area contributed by atoms with E-state index >= 15 is 0 Å². The van der Waals surface area contributed by atoms with E-state index in [0.29, 0.717) is 6.04 Å². The molecular formula is C11H11ClINS2. The molecule has 0 fully saturated rings. The number of rotatable bonds is 4. The maximum atomic E-state index is 5.94. The highest BCUT2D eigenvalue weighted by Crippen LogP contribution is 2.28. The van der Waals surface area contributed by atoms with Gasteiger partial charge in [0.2, 0.25) is 0 Å². The summed E-state index contributed by atoms with van der Waals surface area (Å²) in [5.74, 6) is 0. The third-order valence-electron chi connectivity index (χ3n) is 2.37. The van der Waals surface area contributed by atoms with Crippen LogP contribution in [-0.4, -0.2) is 7.05 Å². The van der Waals surface area contributed by atoms with Crippen molar-refractivity contribution < 1.29 is 0 Å². The molecule has 0 saturated heterocycles. The number of thiophene rings is 2. The minimum Gasteiger partial charge on any atom is -0.313 e. The van der Waals surface area contributed by atoms with Gasteiger partial charge in [-0.3, -0.25) is 0 Å². The molecule has 0 saturated carbocycles. The summed E-state index contributed by atoms with van der Waals surface area (Å²) < 4.78 is 2.20. The number of hydrogen-bond donors (Lipinski definition) is 1. The Morgan fingerprint density at radius 3 is 2.81 bits per heavy atom. The number of hydrogen-bond acceptors (Lipinski definition) is 3. The lowest BCUT2D eigenvalue weighted by atomic mass is 10.1. The summed E-state index contributed by atoms with van der Waals surface area (Å²) in [7, 11) is 2.00. The van der Waals surface area contributed by atoms with Crippen LogP contribution in [0.5, 0.6) is 0 Å². The third-order valence-corrected chi connectivity index (χ3v) is 5.43. The predicted octanol–water partition coefficient (Wildman–Crippen LogP) is 4.57. The molecule has 0 aliphatic carbocycles. The van der Waals surface area contributed by atoms with E-state index in [4.69, 9.17) is 11.6 Å². The molecular weight excluding hydrogens is 373 g/mol. The van der Waals surface area contributed by atoms with E-state index in [2.05, 4.69) is 45.4 Å². The van der Waals surface area contributed by atoms with E-state index < -0.39 is 0 Å². The van der Waals surface area contributed by atoms with E-state index in [1.165, 1.54) is 13.3 Å². The first-order valence-corrected chi connectivity index (χ1v) is 7.99.